The summed E-state index contributed by atoms with van der Waals surface area (Å²) in [6.07, 6.45) is 4.45. The van der Waals surface area contributed by atoms with Gasteiger partial charge in [0.15, 0.2) is 5.82 Å². The first-order valence-corrected chi connectivity index (χ1v) is 17.9. The van der Waals surface area contributed by atoms with E-state index < -0.39 is 0 Å². The molecule has 0 N–H and O–H groups in total. The summed E-state index contributed by atoms with van der Waals surface area (Å²) in [5, 5.41) is 2.47. The Hall–Kier alpha value is -6.10. The molecule has 4 heteroatoms. The Balaban J connectivity index is 1.07. The van der Waals surface area contributed by atoms with Gasteiger partial charge in [-0.2, -0.15) is 0 Å². The molecule has 0 spiro atoms. The van der Waals surface area contributed by atoms with Crippen molar-refractivity contribution in [3.8, 4) is 39.5 Å². The van der Waals surface area contributed by atoms with Crippen LogP contribution in [0.1, 0.15) is 23.2 Å². The minimum Gasteiger partial charge on any atom is -0.313 e. The summed E-state index contributed by atoms with van der Waals surface area (Å²) in [7, 11) is 0. The summed E-state index contributed by atoms with van der Waals surface area (Å²) in [4.78, 5) is 10.3. The molecule has 0 radical (unpaired) electrons. The maximum absolute atomic E-state index is 5.19. The second-order valence-corrected chi connectivity index (χ2v) is 14.0. The molecule has 50 heavy (non-hydrogen) atoms. The zero-order valence-corrected chi connectivity index (χ0v) is 28.1. The number of fused-ring (bicyclic) bond motifs is 6. The molecule has 0 aliphatic heterocycles. The van der Waals surface area contributed by atoms with Crippen LogP contribution < -0.4 is 0 Å². The number of nitrogens with zero attached hydrogens (tertiary/aromatic N) is 3. The molecule has 0 saturated heterocycles. The average Bonchev–Trinajstić information content (AvgIpc) is 3.73. The Morgan fingerprint density at radius 2 is 1.18 bits per heavy atom. The van der Waals surface area contributed by atoms with Gasteiger partial charge in [-0.3, -0.25) is 0 Å². The average molecular weight is 658 g/mol. The number of para-hydroxylation sites is 1. The Morgan fingerprint density at radius 1 is 0.520 bits per heavy atom. The molecule has 0 saturated carbocycles. The van der Waals surface area contributed by atoms with Gasteiger partial charge in [0.25, 0.3) is 0 Å². The van der Waals surface area contributed by atoms with Crippen LogP contribution in [0.4, 0.5) is 0 Å². The molecule has 0 bridgehead atoms. The van der Waals surface area contributed by atoms with E-state index in [1.807, 2.05) is 18.2 Å². The van der Waals surface area contributed by atoms with Crippen molar-refractivity contribution in [2.24, 2.45) is 0 Å². The summed E-state index contributed by atoms with van der Waals surface area (Å²) in [6.45, 7) is 0. The van der Waals surface area contributed by atoms with E-state index >= 15 is 0 Å². The highest BCUT2D eigenvalue weighted by atomic mass is 32.1. The maximum Gasteiger partial charge on any atom is 0.160 e. The molecule has 3 nitrogen and oxygen atoms in total. The topological polar surface area (TPSA) is 30.7 Å². The van der Waals surface area contributed by atoms with Crippen molar-refractivity contribution in [2.45, 2.75) is 12.8 Å². The van der Waals surface area contributed by atoms with E-state index in [1.165, 1.54) is 54.8 Å². The van der Waals surface area contributed by atoms with Gasteiger partial charge in [-0.25, -0.2) is 9.97 Å². The van der Waals surface area contributed by atoms with Crippen molar-refractivity contribution in [1.82, 2.24) is 14.5 Å². The Labute approximate surface area is 294 Å². The first kappa shape index (κ1) is 28.9. The summed E-state index contributed by atoms with van der Waals surface area (Å²) < 4.78 is 4.80. The molecule has 0 fully saturated rings. The van der Waals surface area contributed by atoms with E-state index in [2.05, 4.69) is 150 Å². The van der Waals surface area contributed by atoms with Gasteiger partial charge in [0.1, 0.15) is 0 Å². The Bertz CT molecular complexity index is 2720. The number of hydrogen-bond acceptors (Lipinski definition) is 3. The van der Waals surface area contributed by atoms with Crippen LogP contribution in [0.5, 0.6) is 0 Å². The minimum absolute atomic E-state index is 0.749. The normalized spacial score (nSPS) is 12.8. The molecular weight excluding hydrogens is 627 g/mol. The molecule has 10 rings (SSSR count). The largest absolute Gasteiger partial charge is 0.313 e. The minimum atomic E-state index is 0.749. The van der Waals surface area contributed by atoms with Gasteiger partial charge in [-0.05, 0) is 71.5 Å². The fourth-order valence-corrected chi connectivity index (χ4v) is 8.67. The van der Waals surface area contributed by atoms with Gasteiger partial charge >= 0.3 is 0 Å². The van der Waals surface area contributed by atoms with Crippen LogP contribution in [-0.4, -0.2) is 14.5 Å². The number of rotatable bonds is 5. The smallest absolute Gasteiger partial charge is 0.160 e. The Morgan fingerprint density at radius 3 is 1.94 bits per heavy atom. The van der Waals surface area contributed by atoms with Gasteiger partial charge in [-0.1, -0.05) is 127 Å². The van der Waals surface area contributed by atoms with Crippen LogP contribution >= 0.6 is 11.3 Å². The van der Waals surface area contributed by atoms with E-state index in [9.17, 15) is 0 Å². The monoisotopic (exact) mass is 657 g/mol. The molecule has 3 aromatic heterocycles. The lowest BCUT2D eigenvalue weighted by Crippen LogP contribution is -2.05. The molecule has 0 unspecified atom stereocenters. The molecule has 6 aromatic carbocycles. The van der Waals surface area contributed by atoms with Crippen molar-refractivity contribution < 1.29 is 0 Å². The molecule has 1 aliphatic rings. The van der Waals surface area contributed by atoms with Crippen molar-refractivity contribution >= 4 is 54.2 Å². The second-order valence-electron chi connectivity index (χ2n) is 12.9. The molecule has 3 heterocycles. The van der Waals surface area contributed by atoms with Gasteiger partial charge in [0.05, 0.1) is 21.4 Å². The van der Waals surface area contributed by atoms with Crippen LogP contribution in [0.3, 0.4) is 0 Å². The van der Waals surface area contributed by atoms with Crippen LogP contribution in [0.2, 0.25) is 0 Å². The number of hydrogen-bond donors (Lipinski definition) is 0. The highest BCUT2D eigenvalue weighted by molar-refractivity contribution is 7.26. The maximum atomic E-state index is 5.19. The third-order valence-corrected chi connectivity index (χ3v) is 11.1. The molecular formula is C46H31N3S. The van der Waals surface area contributed by atoms with Gasteiger partial charge in [0.2, 0.25) is 0 Å². The molecule has 236 valence electrons. The fourth-order valence-electron chi connectivity index (χ4n) is 7.53. The molecule has 1 aliphatic carbocycles. The van der Waals surface area contributed by atoms with E-state index in [0.717, 1.165) is 51.1 Å². The molecule has 0 atom stereocenters. The third-order valence-electron chi connectivity index (χ3n) is 9.96. The zero-order valence-electron chi connectivity index (χ0n) is 27.3. The van der Waals surface area contributed by atoms with Crippen molar-refractivity contribution in [1.29, 1.82) is 0 Å². The lowest BCUT2D eigenvalue weighted by atomic mass is 9.91. The highest BCUT2D eigenvalue weighted by Crippen LogP contribution is 2.42. The van der Waals surface area contributed by atoms with E-state index in [4.69, 9.17) is 9.97 Å². The van der Waals surface area contributed by atoms with Crippen LogP contribution in [0.25, 0.3) is 82.3 Å². The summed E-state index contributed by atoms with van der Waals surface area (Å²) in [5.74, 6) is 0.749. The third kappa shape index (κ3) is 4.80. The number of benzene rings is 6. The highest BCUT2D eigenvalue weighted by Gasteiger charge is 2.22. The van der Waals surface area contributed by atoms with Crippen LogP contribution in [0, 0.1) is 0 Å². The first-order valence-electron chi connectivity index (χ1n) is 17.1. The SMILES string of the molecule is C1=C(c2ccccc2)CCc2c1c1ccccc1n2-c1ccc(-c2ccc3sc4c(-c5ccccc5)nc(-c5ccccc5)nc4c3c2)cc1. The predicted octanol–water partition coefficient (Wildman–Crippen LogP) is 12.3. The lowest BCUT2D eigenvalue weighted by Gasteiger charge is -2.18. The Kier molecular flexibility index (Phi) is 6.81. The van der Waals surface area contributed by atoms with Crippen molar-refractivity contribution in [3.05, 3.63) is 175 Å². The van der Waals surface area contributed by atoms with E-state index in [-0.39, 0.29) is 0 Å². The first-order chi connectivity index (χ1) is 24.8. The van der Waals surface area contributed by atoms with Crippen LogP contribution in [0.15, 0.2) is 158 Å². The van der Waals surface area contributed by atoms with Crippen molar-refractivity contribution in [2.75, 3.05) is 0 Å². The van der Waals surface area contributed by atoms with Gasteiger partial charge < -0.3 is 4.57 Å². The molecule has 0 amide bonds. The number of allylic oxidation sites excluding steroid dienone is 1. The quantitative estimate of drug-likeness (QED) is 0.184. The van der Waals surface area contributed by atoms with Crippen molar-refractivity contribution in [3.63, 3.8) is 0 Å². The standard InChI is InChI=1S/C46H31N3S/c1-4-12-30(13-5-1)34-22-26-41-38(28-34)37-18-10-11-19-40(37)49(41)36-24-20-31(21-25-36)35-23-27-42-39(29-35)44-45(50-42)43(32-14-6-2-7-15-32)47-46(48-44)33-16-8-3-9-17-33/h1-21,23-25,27-29H,22,26H2. The van der Waals surface area contributed by atoms with Crippen LogP contribution in [-0.2, 0) is 6.42 Å². The fraction of sp³-hybridized carbons (Fsp3) is 0.0435. The second kappa shape index (κ2) is 11.8. The number of aromatic nitrogens is 3. The summed E-state index contributed by atoms with van der Waals surface area (Å²) >= 11 is 1.77. The summed E-state index contributed by atoms with van der Waals surface area (Å²) in [6, 6.07) is 56.3. The zero-order chi connectivity index (χ0) is 33.0. The lowest BCUT2D eigenvalue weighted by molar-refractivity contribution is 0.898. The van der Waals surface area contributed by atoms with E-state index in [1.54, 1.807) is 11.3 Å². The molecule has 9 aromatic rings. The number of thiophene rings is 1. The van der Waals surface area contributed by atoms with Gasteiger partial charge in [-0.15, -0.1) is 11.3 Å². The van der Waals surface area contributed by atoms with Gasteiger partial charge in [0, 0.05) is 43.5 Å². The van der Waals surface area contributed by atoms with E-state index in [0.29, 0.717) is 0 Å². The summed E-state index contributed by atoms with van der Waals surface area (Å²) in [5.41, 5.74) is 14.4. The predicted molar refractivity (Wildman–Crippen MR) is 211 cm³/mol.